The number of hydrogen-bond acceptors (Lipinski definition) is 4. The summed E-state index contributed by atoms with van der Waals surface area (Å²) in [5.74, 6) is 1.72. The molecule has 3 rings (SSSR count). The fourth-order valence-electron chi connectivity index (χ4n) is 3.47. The van der Waals surface area contributed by atoms with Crippen molar-refractivity contribution in [3.05, 3.63) is 52.8 Å². The predicted molar refractivity (Wildman–Crippen MR) is 137 cm³/mol. The summed E-state index contributed by atoms with van der Waals surface area (Å²) >= 11 is 6.09. The van der Waals surface area contributed by atoms with Gasteiger partial charge in [0, 0.05) is 59.2 Å². The summed E-state index contributed by atoms with van der Waals surface area (Å²) in [6.07, 6.45) is 1.91. The molecule has 9 heteroatoms. The maximum absolute atomic E-state index is 6.09. The molecule has 31 heavy (non-hydrogen) atoms. The van der Waals surface area contributed by atoms with E-state index in [2.05, 4.69) is 32.2 Å². The molecule has 1 N–H and O–H groups in total. The maximum Gasteiger partial charge on any atom is 0.194 e. The monoisotopic (exact) mass is 561 g/mol. The molecule has 1 aliphatic rings. The molecule has 1 fully saturated rings. The van der Waals surface area contributed by atoms with E-state index in [0.29, 0.717) is 19.7 Å². The Hall–Kier alpha value is -1.49. The largest absolute Gasteiger partial charge is 0.492 e. The minimum atomic E-state index is 0. The number of rotatable bonds is 8. The minimum absolute atomic E-state index is 0. The molecule has 1 saturated heterocycles. The Balaban J connectivity index is 0.00000341. The summed E-state index contributed by atoms with van der Waals surface area (Å²) < 4.78 is 13.4. The van der Waals surface area contributed by atoms with Crippen LogP contribution in [0.5, 0.6) is 5.75 Å². The van der Waals surface area contributed by atoms with Crippen molar-refractivity contribution in [2.75, 3.05) is 53.6 Å². The quantitative estimate of drug-likeness (QED) is 0.305. The van der Waals surface area contributed by atoms with Crippen LogP contribution in [0.25, 0.3) is 0 Å². The van der Waals surface area contributed by atoms with Crippen LogP contribution in [0, 0.1) is 0 Å². The molecule has 0 spiro atoms. The van der Waals surface area contributed by atoms with Gasteiger partial charge >= 0.3 is 0 Å². The fourth-order valence-corrected chi connectivity index (χ4v) is 3.74. The second-order valence-electron chi connectivity index (χ2n) is 7.47. The number of hydrogen-bond donors (Lipinski definition) is 1. The van der Waals surface area contributed by atoms with Gasteiger partial charge < -0.3 is 24.3 Å². The van der Waals surface area contributed by atoms with Crippen LogP contribution in [0.3, 0.4) is 0 Å². The van der Waals surface area contributed by atoms with Crippen LogP contribution in [0.2, 0.25) is 5.02 Å². The zero-order valence-electron chi connectivity index (χ0n) is 18.5. The fraction of sp³-hybridized carbons (Fsp3) is 0.500. The molecule has 0 bridgehead atoms. The van der Waals surface area contributed by atoms with Crippen LogP contribution in [0.15, 0.2) is 41.5 Å². The molecule has 0 aliphatic carbocycles. The van der Waals surface area contributed by atoms with Gasteiger partial charge in [0.2, 0.25) is 0 Å². The third-order valence-electron chi connectivity index (χ3n) is 5.18. The second kappa shape index (κ2) is 13.1. The van der Waals surface area contributed by atoms with Crippen molar-refractivity contribution < 1.29 is 9.47 Å². The molecule has 172 valence electrons. The Labute approximate surface area is 207 Å². The summed E-state index contributed by atoms with van der Waals surface area (Å²) in [4.78, 5) is 8.85. The van der Waals surface area contributed by atoms with E-state index in [9.17, 15) is 0 Å². The van der Waals surface area contributed by atoms with Crippen molar-refractivity contribution >= 4 is 41.5 Å². The van der Waals surface area contributed by atoms with Gasteiger partial charge in [-0.25, -0.2) is 0 Å². The van der Waals surface area contributed by atoms with Gasteiger partial charge in [-0.1, -0.05) is 23.7 Å². The van der Waals surface area contributed by atoms with Crippen LogP contribution in [0.4, 0.5) is 0 Å². The first kappa shape index (κ1) is 25.8. The average Bonchev–Trinajstić information content (AvgIpc) is 3.06. The third-order valence-corrected chi connectivity index (χ3v) is 5.38. The van der Waals surface area contributed by atoms with Gasteiger partial charge in [-0.3, -0.25) is 9.89 Å². The van der Waals surface area contributed by atoms with Crippen molar-refractivity contribution in [1.29, 1.82) is 0 Å². The lowest BCUT2D eigenvalue weighted by atomic mass is 10.2. The van der Waals surface area contributed by atoms with E-state index in [1.165, 1.54) is 0 Å². The maximum atomic E-state index is 6.09. The van der Waals surface area contributed by atoms with E-state index in [1.807, 2.05) is 43.1 Å². The molecule has 2 heterocycles. The van der Waals surface area contributed by atoms with E-state index in [-0.39, 0.29) is 24.0 Å². The molecule has 2 aromatic rings. The molecule has 1 aliphatic heterocycles. The van der Waals surface area contributed by atoms with Gasteiger partial charge in [-0.15, -0.1) is 24.0 Å². The Kier molecular flexibility index (Phi) is 10.9. The SMILES string of the molecule is CN=C(NCc1cccc(OCCN2CCOCC2)c1)N(C)Cc1cc(Cl)cn1C.I. The number of ether oxygens (including phenoxy) is 2. The van der Waals surface area contributed by atoms with Crippen LogP contribution < -0.4 is 10.1 Å². The number of guanidine groups is 1. The average molecular weight is 562 g/mol. The van der Waals surface area contributed by atoms with E-state index in [0.717, 1.165) is 60.8 Å². The first-order chi connectivity index (χ1) is 14.5. The van der Waals surface area contributed by atoms with E-state index in [1.54, 1.807) is 7.05 Å². The zero-order valence-corrected chi connectivity index (χ0v) is 21.6. The van der Waals surface area contributed by atoms with Gasteiger partial charge in [-0.2, -0.15) is 0 Å². The summed E-state index contributed by atoms with van der Waals surface area (Å²) in [6, 6.07) is 10.2. The standard InChI is InChI=1S/C22H32ClN5O2.HI/c1-24-22(27(3)17-20-14-19(23)16-26(20)2)25-15-18-5-4-6-21(13-18)30-12-9-28-7-10-29-11-8-28;/h4-6,13-14,16H,7-12,15,17H2,1-3H3,(H,24,25);1H. The van der Waals surface area contributed by atoms with E-state index in [4.69, 9.17) is 21.1 Å². The van der Waals surface area contributed by atoms with Gasteiger partial charge in [0.15, 0.2) is 5.96 Å². The highest BCUT2D eigenvalue weighted by atomic mass is 127. The lowest BCUT2D eigenvalue weighted by Crippen LogP contribution is -2.38. The Morgan fingerprint density at radius 1 is 1.29 bits per heavy atom. The van der Waals surface area contributed by atoms with Crippen molar-refractivity contribution in [2.45, 2.75) is 13.1 Å². The Morgan fingerprint density at radius 3 is 2.74 bits per heavy atom. The number of aliphatic imine (C=N–C) groups is 1. The summed E-state index contributed by atoms with van der Waals surface area (Å²) in [5.41, 5.74) is 2.27. The van der Waals surface area contributed by atoms with Crippen molar-refractivity contribution in [3.8, 4) is 5.75 Å². The number of morpholine rings is 1. The van der Waals surface area contributed by atoms with Crippen molar-refractivity contribution in [1.82, 2.24) is 19.7 Å². The number of aromatic nitrogens is 1. The number of halogens is 2. The van der Waals surface area contributed by atoms with Crippen LogP contribution >= 0.6 is 35.6 Å². The highest BCUT2D eigenvalue weighted by Gasteiger charge is 2.11. The van der Waals surface area contributed by atoms with Crippen molar-refractivity contribution in [2.24, 2.45) is 12.0 Å². The number of aryl methyl sites for hydroxylation is 1. The number of benzene rings is 1. The minimum Gasteiger partial charge on any atom is -0.492 e. The van der Waals surface area contributed by atoms with Gasteiger partial charge in [0.05, 0.1) is 24.8 Å². The molecular formula is C22H33ClIN5O2. The van der Waals surface area contributed by atoms with Gasteiger partial charge in [0.1, 0.15) is 12.4 Å². The molecule has 0 amide bonds. The Morgan fingerprint density at radius 2 is 2.06 bits per heavy atom. The third kappa shape index (κ3) is 8.17. The van der Waals surface area contributed by atoms with Crippen LogP contribution in [0.1, 0.15) is 11.3 Å². The molecule has 0 radical (unpaired) electrons. The van der Waals surface area contributed by atoms with Gasteiger partial charge in [0.25, 0.3) is 0 Å². The molecular weight excluding hydrogens is 529 g/mol. The first-order valence-electron chi connectivity index (χ1n) is 10.3. The van der Waals surface area contributed by atoms with E-state index >= 15 is 0 Å². The number of nitrogens with zero attached hydrogens (tertiary/aromatic N) is 4. The summed E-state index contributed by atoms with van der Waals surface area (Å²) in [5, 5.41) is 4.17. The van der Waals surface area contributed by atoms with Gasteiger partial charge in [-0.05, 0) is 23.8 Å². The smallest absolute Gasteiger partial charge is 0.194 e. The topological polar surface area (TPSA) is 54.3 Å². The first-order valence-corrected chi connectivity index (χ1v) is 10.7. The highest BCUT2D eigenvalue weighted by molar-refractivity contribution is 14.0. The molecule has 0 atom stereocenters. The molecule has 7 nitrogen and oxygen atoms in total. The van der Waals surface area contributed by atoms with Crippen LogP contribution in [-0.4, -0.2) is 73.9 Å². The van der Waals surface area contributed by atoms with Crippen molar-refractivity contribution in [3.63, 3.8) is 0 Å². The molecule has 0 unspecified atom stereocenters. The molecule has 0 saturated carbocycles. The molecule has 1 aromatic heterocycles. The summed E-state index contributed by atoms with van der Waals surface area (Å²) in [6.45, 7) is 6.58. The number of nitrogens with one attached hydrogen (secondary N) is 1. The molecule has 1 aromatic carbocycles. The lowest BCUT2D eigenvalue weighted by molar-refractivity contribution is 0.0322. The van der Waals surface area contributed by atoms with E-state index < -0.39 is 0 Å². The second-order valence-corrected chi connectivity index (χ2v) is 7.90. The normalized spacial score (nSPS) is 14.8. The highest BCUT2D eigenvalue weighted by Crippen LogP contribution is 2.15. The Bertz CT molecular complexity index is 839. The summed E-state index contributed by atoms with van der Waals surface area (Å²) in [7, 11) is 5.80. The zero-order chi connectivity index (χ0) is 21.3. The van der Waals surface area contributed by atoms with Crippen LogP contribution in [-0.2, 0) is 24.9 Å². The lowest BCUT2D eigenvalue weighted by Gasteiger charge is -2.26. The predicted octanol–water partition coefficient (Wildman–Crippen LogP) is 3.21.